The van der Waals surface area contributed by atoms with E-state index in [1.165, 1.54) is 16.6 Å². The van der Waals surface area contributed by atoms with Crippen LogP contribution in [0.1, 0.15) is 69.3 Å². The minimum absolute atomic E-state index is 0.00148. The summed E-state index contributed by atoms with van der Waals surface area (Å²) in [5.74, 6) is -0.451. The zero-order valence-electron chi connectivity index (χ0n) is 19.0. The van der Waals surface area contributed by atoms with Crippen LogP contribution in [0.25, 0.3) is 0 Å². The number of aryl methyl sites for hydroxylation is 1. The van der Waals surface area contributed by atoms with Crippen molar-refractivity contribution < 1.29 is 18.0 Å². The quantitative estimate of drug-likeness (QED) is 0.643. The molecule has 2 unspecified atom stereocenters. The number of likely N-dealkylation sites (tertiary alicyclic amines) is 1. The van der Waals surface area contributed by atoms with E-state index in [-0.39, 0.29) is 28.7 Å². The second kappa shape index (κ2) is 10.2. The number of nitrogens with zero attached hydrogens (tertiary/aromatic N) is 3. The average molecular weight is 453 g/mol. The van der Waals surface area contributed by atoms with Crippen molar-refractivity contribution in [2.24, 2.45) is 13.0 Å². The summed E-state index contributed by atoms with van der Waals surface area (Å²) >= 11 is 0. The molecule has 2 atom stereocenters. The van der Waals surface area contributed by atoms with Crippen molar-refractivity contribution in [1.29, 1.82) is 0 Å². The molecule has 1 aromatic rings. The summed E-state index contributed by atoms with van der Waals surface area (Å²) in [4.78, 5) is 27.8. The van der Waals surface area contributed by atoms with E-state index in [1.807, 2.05) is 6.92 Å². The summed E-state index contributed by atoms with van der Waals surface area (Å²) in [6, 6.07) is 1.49. The Morgan fingerprint density at radius 3 is 2.55 bits per heavy atom. The molecule has 0 bridgehead atoms. The van der Waals surface area contributed by atoms with E-state index in [9.17, 15) is 18.0 Å². The number of nitrogens with one attached hydrogen (secondary N) is 1. The number of aromatic nitrogens is 1. The van der Waals surface area contributed by atoms with E-state index in [4.69, 9.17) is 0 Å². The molecule has 9 heteroatoms. The SMILES string of the molecule is CCCCNC(=O)C1CCC(C)N(C(=O)c2cc(S(=O)(=O)N3CCCCC3)cn2C)C1. The van der Waals surface area contributed by atoms with Crippen LogP contribution >= 0.6 is 0 Å². The molecule has 174 valence electrons. The number of rotatable bonds is 7. The van der Waals surface area contributed by atoms with Gasteiger partial charge in [0, 0.05) is 45.5 Å². The third kappa shape index (κ3) is 5.31. The molecule has 3 rings (SSSR count). The molecule has 0 radical (unpaired) electrons. The number of piperidine rings is 2. The molecule has 0 aliphatic carbocycles. The maximum atomic E-state index is 13.3. The van der Waals surface area contributed by atoms with Gasteiger partial charge in [0.2, 0.25) is 15.9 Å². The van der Waals surface area contributed by atoms with Crippen LogP contribution < -0.4 is 5.32 Å². The lowest BCUT2D eigenvalue weighted by Crippen LogP contribution is -2.49. The molecular formula is C22H36N4O4S. The number of amides is 2. The Labute approximate surface area is 186 Å². The van der Waals surface area contributed by atoms with Gasteiger partial charge < -0.3 is 14.8 Å². The van der Waals surface area contributed by atoms with Gasteiger partial charge in [-0.15, -0.1) is 0 Å². The van der Waals surface area contributed by atoms with Gasteiger partial charge in [-0.2, -0.15) is 4.31 Å². The highest BCUT2D eigenvalue weighted by Crippen LogP contribution is 2.27. The molecule has 1 aromatic heterocycles. The maximum Gasteiger partial charge on any atom is 0.270 e. The van der Waals surface area contributed by atoms with Gasteiger partial charge in [0.25, 0.3) is 5.91 Å². The minimum Gasteiger partial charge on any atom is -0.356 e. The van der Waals surface area contributed by atoms with Gasteiger partial charge in [-0.1, -0.05) is 19.8 Å². The Balaban J connectivity index is 1.74. The Kier molecular flexibility index (Phi) is 7.80. The molecule has 2 saturated heterocycles. The van der Waals surface area contributed by atoms with Gasteiger partial charge in [0.05, 0.1) is 5.92 Å². The Bertz CT molecular complexity index is 889. The third-order valence-corrected chi connectivity index (χ3v) is 8.36. The summed E-state index contributed by atoms with van der Waals surface area (Å²) in [5, 5.41) is 2.97. The van der Waals surface area contributed by atoms with Crippen LogP contribution in [0, 0.1) is 5.92 Å². The number of carbonyl (C=O) groups excluding carboxylic acids is 2. The van der Waals surface area contributed by atoms with Crippen molar-refractivity contribution in [1.82, 2.24) is 19.1 Å². The second-order valence-electron chi connectivity index (χ2n) is 8.86. The molecule has 2 fully saturated rings. The van der Waals surface area contributed by atoms with Gasteiger partial charge in [-0.05, 0) is 45.1 Å². The highest BCUT2D eigenvalue weighted by atomic mass is 32.2. The number of sulfonamides is 1. The second-order valence-corrected chi connectivity index (χ2v) is 10.8. The molecule has 8 nitrogen and oxygen atoms in total. The molecule has 0 spiro atoms. The first kappa shape index (κ1) is 23.8. The Morgan fingerprint density at radius 1 is 1.16 bits per heavy atom. The molecule has 3 heterocycles. The first-order valence-corrected chi connectivity index (χ1v) is 12.9. The van der Waals surface area contributed by atoms with Crippen LogP contribution in [0.2, 0.25) is 0 Å². The minimum atomic E-state index is -3.60. The standard InChI is InChI=1S/C22H36N4O4S/c1-4-5-11-23-21(27)18-10-9-17(2)26(15-18)22(28)20-14-19(16-24(20)3)31(29,30)25-12-7-6-8-13-25/h14,16-18H,4-13,15H2,1-3H3,(H,23,27). The smallest absolute Gasteiger partial charge is 0.270 e. The zero-order valence-corrected chi connectivity index (χ0v) is 19.8. The molecule has 0 aromatic carbocycles. The summed E-state index contributed by atoms with van der Waals surface area (Å²) in [5.41, 5.74) is 0.342. The predicted molar refractivity (Wildman–Crippen MR) is 119 cm³/mol. The molecule has 0 saturated carbocycles. The third-order valence-electron chi connectivity index (χ3n) is 6.50. The van der Waals surface area contributed by atoms with E-state index in [1.54, 1.807) is 16.5 Å². The molecule has 2 amide bonds. The van der Waals surface area contributed by atoms with Crippen LogP contribution in [-0.2, 0) is 21.9 Å². The molecule has 2 aliphatic rings. The van der Waals surface area contributed by atoms with Crippen LogP contribution in [0.4, 0.5) is 0 Å². The van der Waals surface area contributed by atoms with Crippen LogP contribution in [0.15, 0.2) is 17.2 Å². The number of unbranched alkanes of at least 4 members (excludes halogenated alkanes) is 1. The van der Waals surface area contributed by atoms with Gasteiger partial charge in [0.15, 0.2) is 0 Å². The number of hydrogen-bond donors (Lipinski definition) is 1. The van der Waals surface area contributed by atoms with E-state index in [0.29, 0.717) is 31.9 Å². The molecule has 2 aliphatic heterocycles. The monoisotopic (exact) mass is 452 g/mol. The topological polar surface area (TPSA) is 91.7 Å². The molecular weight excluding hydrogens is 416 g/mol. The fraction of sp³-hybridized carbons (Fsp3) is 0.727. The summed E-state index contributed by atoms with van der Waals surface area (Å²) in [6.45, 7) is 6.13. The maximum absolute atomic E-state index is 13.3. The summed E-state index contributed by atoms with van der Waals surface area (Å²) in [6.07, 6.45) is 7.77. The van der Waals surface area contributed by atoms with Crippen molar-refractivity contribution in [3.63, 3.8) is 0 Å². The summed E-state index contributed by atoms with van der Waals surface area (Å²) < 4.78 is 29.1. The van der Waals surface area contributed by atoms with Crippen molar-refractivity contribution in [3.05, 3.63) is 18.0 Å². The van der Waals surface area contributed by atoms with Crippen molar-refractivity contribution in [2.75, 3.05) is 26.2 Å². The number of hydrogen-bond acceptors (Lipinski definition) is 4. The van der Waals surface area contributed by atoms with E-state index in [0.717, 1.165) is 44.9 Å². The Hall–Kier alpha value is -1.87. The van der Waals surface area contributed by atoms with Gasteiger partial charge in [-0.25, -0.2) is 8.42 Å². The normalized spacial score (nSPS) is 23.0. The lowest BCUT2D eigenvalue weighted by molar-refractivity contribution is -0.126. The fourth-order valence-corrected chi connectivity index (χ4v) is 6.01. The van der Waals surface area contributed by atoms with Crippen molar-refractivity contribution >= 4 is 21.8 Å². The highest BCUT2D eigenvalue weighted by Gasteiger charge is 2.35. The summed E-state index contributed by atoms with van der Waals surface area (Å²) in [7, 11) is -1.90. The van der Waals surface area contributed by atoms with E-state index < -0.39 is 10.0 Å². The van der Waals surface area contributed by atoms with E-state index >= 15 is 0 Å². The zero-order chi connectivity index (χ0) is 22.6. The average Bonchev–Trinajstić information content (AvgIpc) is 3.16. The Morgan fingerprint density at radius 2 is 1.87 bits per heavy atom. The van der Waals surface area contributed by atoms with Gasteiger partial charge in [-0.3, -0.25) is 9.59 Å². The first-order chi connectivity index (χ1) is 14.8. The van der Waals surface area contributed by atoms with Gasteiger partial charge >= 0.3 is 0 Å². The lowest BCUT2D eigenvalue weighted by Gasteiger charge is -2.37. The highest BCUT2D eigenvalue weighted by molar-refractivity contribution is 7.89. The molecule has 1 N–H and O–H groups in total. The fourth-order valence-electron chi connectivity index (χ4n) is 4.43. The van der Waals surface area contributed by atoms with Crippen LogP contribution in [0.3, 0.4) is 0 Å². The van der Waals surface area contributed by atoms with Crippen molar-refractivity contribution in [3.8, 4) is 0 Å². The largest absolute Gasteiger partial charge is 0.356 e. The predicted octanol–water partition coefficient (Wildman–Crippen LogP) is 2.36. The van der Waals surface area contributed by atoms with Crippen LogP contribution in [0.5, 0.6) is 0 Å². The lowest BCUT2D eigenvalue weighted by atomic mass is 9.92. The van der Waals surface area contributed by atoms with Gasteiger partial charge in [0.1, 0.15) is 10.6 Å². The van der Waals surface area contributed by atoms with Crippen molar-refractivity contribution in [2.45, 2.75) is 69.7 Å². The van der Waals surface area contributed by atoms with Crippen LogP contribution in [-0.4, -0.2) is 66.2 Å². The number of carbonyl (C=O) groups is 2. The molecule has 31 heavy (non-hydrogen) atoms. The first-order valence-electron chi connectivity index (χ1n) is 11.5. The van der Waals surface area contributed by atoms with E-state index in [2.05, 4.69) is 12.2 Å².